The molecule has 0 spiro atoms. The maximum Gasteiger partial charge on any atom is 0.339 e. The predicted octanol–water partition coefficient (Wildman–Crippen LogP) is 1.49. The second kappa shape index (κ2) is 3.08. The van der Waals surface area contributed by atoms with Gasteiger partial charge in [-0.05, 0) is 24.2 Å². The van der Waals surface area contributed by atoms with Crippen LogP contribution in [0, 0.1) is 11.8 Å². The molecule has 0 bridgehead atoms. The molecule has 0 aliphatic heterocycles. The first-order valence-corrected chi connectivity index (χ1v) is 3.19. The molecular formula is C7H6N2O3. The van der Waals surface area contributed by atoms with E-state index in [1.165, 1.54) is 12.1 Å². The Morgan fingerprint density at radius 2 is 2.25 bits per heavy atom. The van der Waals surface area contributed by atoms with Crippen molar-refractivity contribution in [3.63, 3.8) is 0 Å². The van der Waals surface area contributed by atoms with Gasteiger partial charge >= 0.3 is 5.97 Å². The molecule has 1 aromatic heterocycles. The lowest BCUT2D eigenvalue weighted by Crippen LogP contribution is -1.98. The molecule has 1 heterocycles. The van der Waals surface area contributed by atoms with Gasteiger partial charge < -0.3 is 5.11 Å². The number of aromatic nitrogens is 1. The first-order valence-electron chi connectivity index (χ1n) is 3.19. The molecule has 12 heavy (non-hydrogen) atoms. The van der Waals surface area contributed by atoms with E-state index in [1.807, 2.05) is 0 Å². The summed E-state index contributed by atoms with van der Waals surface area (Å²) in [5.41, 5.74) is 0.394. The van der Waals surface area contributed by atoms with Gasteiger partial charge in [-0.1, -0.05) is 0 Å². The van der Waals surface area contributed by atoms with Gasteiger partial charge in [-0.2, -0.15) is 0 Å². The highest BCUT2D eigenvalue weighted by Crippen LogP contribution is 2.15. The molecule has 0 aliphatic carbocycles. The molecule has 0 saturated heterocycles. The van der Waals surface area contributed by atoms with Crippen LogP contribution in [-0.4, -0.2) is 16.1 Å². The zero-order valence-corrected chi connectivity index (χ0v) is 6.31. The molecule has 5 nitrogen and oxygen atoms in total. The van der Waals surface area contributed by atoms with Crippen molar-refractivity contribution in [3.05, 3.63) is 28.3 Å². The van der Waals surface area contributed by atoms with Crippen molar-refractivity contribution in [2.24, 2.45) is 5.18 Å². The number of hydrogen-bond acceptors (Lipinski definition) is 4. The maximum absolute atomic E-state index is 10.5. The lowest BCUT2D eigenvalue weighted by molar-refractivity contribution is 0.0697. The Kier molecular flexibility index (Phi) is 2.14. The standard InChI is InChI=1S/C7H6N2O3/c1-4-2-3-5(7(10)11)6(8-4)9-12/h2-3H,1H3,(H,10,11). The summed E-state index contributed by atoms with van der Waals surface area (Å²) >= 11 is 0. The summed E-state index contributed by atoms with van der Waals surface area (Å²) in [6.45, 7) is 1.65. The van der Waals surface area contributed by atoms with Crippen LogP contribution < -0.4 is 0 Å². The van der Waals surface area contributed by atoms with Gasteiger partial charge in [0.1, 0.15) is 5.56 Å². The maximum atomic E-state index is 10.5. The number of pyridine rings is 1. The van der Waals surface area contributed by atoms with Crippen molar-refractivity contribution >= 4 is 11.8 Å². The minimum Gasteiger partial charge on any atom is -0.478 e. The van der Waals surface area contributed by atoms with Crippen LogP contribution in [0.1, 0.15) is 16.1 Å². The third-order valence-corrected chi connectivity index (χ3v) is 1.33. The number of carbonyl (C=O) groups is 1. The van der Waals surface area contributed by atoms with Crippen molar-refractivity contribution in [2.75, 3.05) is 0 Å². The van der Waals surface area contributed by atoms with Gasteiger partial charge in [0.15, 0.2) is 0 Å². The second-order valence-corrected chi connectivity index (χ2v) is 2.22. The first-order chi connectivity index (χ1) is 5.65. The van der Waals surface area contributed by atoms with Crippen molar-refractivity contribution < 1.29 is 9.90 Å². The van der Waals surface area contributed by atoms with Crippen LogP contribution in [0.4, 0.5) is 5.82 Å². The number of aryl methyl sites for hydroxylation is 1. The molecular weight excluding hydrogens is 160 g/mol. The molecule has 0 aliphatic rings. The van der Waals surface area contributed by atoms with E-state index in [-0.39, 0.29) is 11.4 Å². The summed E-state index contributed by atoms with van der Waals surface area (Å²) in [5, 5.41) is 11.1. The minimum absolute atomic E-state index is 0.171. The number of carboxylic acids is 1. The molecule has 0 amide bonds. The first kappa shape index (κ1) is 8.32. The molecule has 62 valence electrons. The summed E-state index contributed by atoms with van der Waals surface area (Å²) in [4.78, 5) is 24.2. The quantitative estimate of drug-likeness (QED) is 0.675. The monoisotopic (exact) mass is 166 g/mol. The van der Waals surface area contributed by atoms with Gasteiger partial charge in [-0.15, -0.1) is 4.91 Å². The van der Waals surface area contributed by atoms with Crippen LogP contribution in [0.25, 0.3) is 0 Å². The van der Waals surface area contributed by atoms with Gasteiger partial charge in [0.2, 0.25) is 5.82 Å². The fourth-order valence-corrected chi connectivity index (χ4v) is 0.780. The summed E-state index contributed by atoms with van der Waals surface area (Å²) in [6, 6.07) is 2.82. The number of hydrogen-bond donors (Lipinski definition) is 1. The van der Waals surface area contributed by atoms with E-state index in [4.69, 9.17) is 5.11 Å². The highest BCUT2D eigenvalue weighted by molar-refractivity contribution is 5.92. The molecule has 0 aromatic carbocycles. The van der Waals surface area contributed by atoms with E-state index in [2.05, 4.69) is 10.2 Å². The third kappa shape index (κ3) is 1.45. The number of rotatable bonds is 2. The number of aromatic carboxylic acids is 1. The second-order valence-electron chi connectivity index (χ2n) is 2.22. The fraction of sp³-hybridized carbons (Fsp3) is 0.143. The Hall–Kier alpha value is -1.78. The molecule has 0 atom stereocenters. The largest absolute Gasteiger partial charge is 0.478 e. The molecule has 0 unspecified atom stereocenters. The van der Waals surface area contributed by atoms with Crippen LogP contribution in [0.15, 0.2) is 17.3 Å². The van der Waals surface area contributed by atoms with Crippen LogP contribution in [-0.2, 0) is 0 Å². The average molecular weight is 166 g/mol. The van der Waals surface area contributed by atoms with Gasteiger partial charge in [-0.25, -0.2) is 9.78 Å². The number of nitroso groups, excluding NO2 is 1. The van der Waals surface area contributed by atoms with Crippen molar-refractivity contribution in [2.45, 2.75) is 6.92 Å². The van der Waals surface area contributed by atoms with E-state index in [0.717, 1.165) is 0 Å². The molecule has 0 saturated carbocycles. The van der Waals surface area contributed by atoms with Crippen LogP contribution in [0.2, 0.25) is 0 Å². The summed E-state index contributed by atoms with van der Waals surface area (Å²) < 4.78 is 0. The Bertz CT molecular complexity index is 335. The molecule has 1 aromatic rings. The van der Waals surface area contributed by atoms with E-state index >= 15 is 0 Å². The zero-order chi connectivity index (χ0) is 9.14. The van der Waals surface area contributed by atoms with Crippen LogP contribution >= 0.6 is 0 Å². The molecule has 0 radical (unpaired) electrons. The lowest BCUT2D eigenvalue weighted by atomic mass is 10.2. The fourth-order valence-electron chi connectivity index (χ4n) is 0.780. The summed E-state index contributed by atoms with van der Waals surface area (Å²) in [5.74, 6) is -1.47. The molecule has 0 fully saturated rings. The Morgan fingerprint density at radius 1 is 1.58 bits per heavy atom. The van der Waals surface area contributed by atoms with Gasteiger partial charge in [-0.3, -0.25) is 0 Å². The summed E-state index contributed by atoms with van der Waals surface area (Å²) in [6.07, 6.45) is 0. The van der Waals surface area contributed by atoms with E-state index < -0.39 is 5.97 Å². The Labute approximate surface area is 68.0 Å². The van der Waals surface area contributed by atoms with Gasteiger partial charge in [0, 0.05) is 5.69 Å². The summed E-state index contributed by atoms with van der Waals surface area (Å²) in [7, 11) is 0. The average Bonchev–Trinajstić information content (AvgIpc) is 2.03. The van der Waals surface area contributed by atoms with Crippen molar-refractivity contribution in [1.29, 1.82) is 0 Å². The van der Waals surface area contributed by atoms with Crippen molar-refractivity contribution in [1.82, 2.24) is 4.98 Å². The SMILES string of the molecule is Cc1ccc(C(=O)O)c(N=O)n1. The molecule has 1 rings (SSSR count). The predicted molar refractivity (Wildman–Crippen MR) is 41.4 cm³/mol. The van der Waals surface area contributed by atoms with E-state index in [1.54, 1.807) is 6.92 Å². The third-order valence-electron chi connectivity index (χ3n) is 1.33. The van der Waals surface area contributed by atoms with Gasteiger partial charge in [0.05, 0.1) is 0 Å². The van der Waals surface area contributed by atoms with Gasteiger partial charge in [0.25, 0.3) is 0 Å². The normalized spacial score (nSPS) is 9.42. The smallest absolute Gasteiger partial charge is 0.339 e. The number of nitrogens with zero attached hydrogens (tertiary/aromatic N) is 2. The highest BCUT2D eigenvalue weighted by Gasteiger charge is 2.11. The topological polar surface area (TPSA) is 79.6 Å². The molecule has 5 heteroatoms. The van der Waals surface area contributed by atoms with Crippen LogP contribution in [0.3, 0.4) is 0 Å². The highest BCUT2D eigenvalue weighted by atomic mass is 16.4. The Balaban J connectivity index is 3.29. The van der Waals surface area contributed by atoms with Crippen molar-refractivity contribution in [3.8, 4) is 0 Å². The van der Waals surface area contributed by atoms with E-state index in [9.17, 15) is 9.70 Å². The molecule has 1 N–H and O–H groups in total. The Morgan fingerprint density at radius 3 is 2.75 bits per heavy atom. The number of carboxylic acid groups (broad SMARTS) is 1. The van der Waals surface area contributed by atoms with Crippen LogP contribution in [0.5, 0.6) is 0 Å². The lowest BCUT2D eigenvalue weighted by Gasteiger charge is -1.96. The zero-order valence-electron chi connectivity index (χ0n) is 6.31. The van der Waals surface area contributed by atoms with E-state index in [0.29, 0.717) is 5.69 Å². The minimum atomic E-state index is -1.20.